The number of rotatable bonds is 4. The van der Waals surface area contributed by atoms with Crippen LogP contribution in [0.2, 0.25) is 0 Å². The second-order valence-electron chi connectivity index (χ2n) is 3.97. The van der Waals surface area contributed by atoms with Crippen LogP contribution >= 0.6 is 0 Å². The second kappa shape index (κ2) is 11.4. The maximum absolute atomic E-state index is 2.21. The van der Waals surface area contributed by atoms with Crippen LogP contribution in [0.15, 0.2) is 85.0 Å². The zero-order chi connectivity index (χ0) is 14.5. The van der Waals surface area contributed by atoms with E-state index in [1.165, 1.54) is 7.91 Å². The molecule has 0 atom stereocenters. The van der Waals surface area contributed by atoms with Crippen LogP contribution in [0.4, 0.5) is 0 Å². The summed E-state index contributed by atoms with van der Waals surface area (Å²) in [5, 5.41) is 0. The molecule has 2 aromatic rings. The number of benzene rings is 2. The van der Waals surface area contributed by atoms with E-state index in [0.29, 0.717) is 0 Å². The first-order valence-corrected chi connectivity index (χ1v) is 9.05. The Morgan fingerprint density at radius 2 is 1.10 bits per heavy atom. The van der Waals surface area contributed by atoms with Gasteiger partial charge in [0.1, 0.15) is 0 Å². The van der Waals surface area contributed by atoms with Gasteiger partial charge in [0.25, 0.3) is 0 Å². The van der Waals surface area contributed by atoms with Crippen molar-refractivity contribution in [3.8, 4) is 0 Å². The molecule has 0 saturated heterocycles. The number of allylic oxidation sites excluding steroid dienone is 4. The van der Waals surface area contributed by atoms with E-state index in [0.717, 1.165) is 6.42 Å². The van der Waals surface area contributed by atoms with Gasteiger partial charge in [0.05, 0.1) is 0 Å². The molecule has 0 saturated carbocycles. The minimum atomic E-state index is 0.0186. The monoisotopic (exact) mass is 445 g/mol. The Morgan fingerprint density at radius 3 is 1.45 bits per heavy atom. The zero-order valence-electron chi connectivity index (χ0n) is 12.1. The molecule has 0 fully saturated rings. The first kappa shape index (κ1) is 16.7. The van der Waals surface area contributed by atoms with Gasteiger partial charge >= 0.3 is 87.1 Å². The standard InChI is InChI=1S/C7H12.2C6H5.Pt/c1-3-5-7-6-4-2;2*1-2-4-6-5-3-1;/h3-6H,7H2,1-2H3;2*1-5H;. The molecule has 0 heterocycles. The van der Waals surface area contributed by atoms with Gasteiger partial charge in [-0.3, -0.25) is 0 Å². The predicted molar refractivity (Wildman–Crippen MR) is 86.4 cm³/mol. The molecule has 0 aliphatic carbocycles. The van der Waals surface area contributed by atoms with Crippen molar-refractivity contribution in [1.29, 1.82) is 0 Å². The Labute approximate surface area is 131 Å². The first-order valence-electron chi connectivity index (χ1n) is 6.78. The van der Waals surface area contributed by atoms with Crippen LogP contribution in [-0.4, -0.2) is 0 Å². The summed E-state index contributed by atoms with van der Waals surface area (Å²) in [6.45, 7) is 4.06. The van der Waals surface area contributed by atoms with Gasteiger partial charge < -0.3 is 0 Å². The molecule has 2 aromatic carbocycles. The third-order valence-electron chi connectivity index (χ3n) is 2.35. The molecule has 0 nitrogen and oxygen atoms in total. The summed E-state index contributed by atoms with van der Waals surface area (Å²) in [6.07, 6.45) is 9.44. The van der Waals surface area contributed by atoms with Crippen molar-refractivity contribution >= 4 is 7.91 Å². The molecule has 20 heavy (non-hydrogen) atoms. The molecule has 0 radical (unpaired) electrons. The summed E-state index contributed by atoms with van der Waals surface area (Å²) >= 11 is 0.0186. The van der Waals surface area contributed by atoms with Crippen molar-refractivity contribution < 1.29 is 18.6 Å². The second-order valence-corrected chi connectivity index (χ2v) is 7.16. The summed E-state index contributed by atoms with van der Waals surface area (Å²) in [5.41, 5.74) is 0. The molecular formula is C19H22Pt. The van der Waals surface area contributed by atoms with Crippen LogP contribution in [0.1, 0.15) is 20.3 Å². The Morgan fingerprint density at radius 1 is 0.700 bits per heavy atom. The number of hydrogen-bond donors (Lipinski definition) is 0. The molecule has 0 bridgehead atoms. The van der Waals surface area contributed by atoms with E-state index in [9.17, 15) is 0 Å². The summed E-state index contributed by atoms with van der Waals surface area (Å²) in [6, 6.07) is 21.4. The van der Waals surface area contributed by atoms with Crippen molar-refractivity contribution in [2.45, 2.75) is 20.3 Å². The van der Waals surface area contributed by atoms with E-state index in [1.54, 1.807) is 0 Å². The predicted octanol–water partition coefficient (Wildman–Crippen LogP) is 4.25. The van der Waals surface area contributed by atoms with Crippen molar-refractivity contribution in [3.05, 3.63) is 85.0 Å². The van der Waals surface area contributed by atoms with Crippen molar-refractivity contribution in [1.82, 2.24) is 0 Å². The normalized spacial score (nSPS) is 10.7. The zero-order valence-corrected chi connectivity index (χ0v) is 14.4. The Balaban J connectivity index is 0.000000246. The van der Waals surface area contributed by atoms with E-state index < -0.39 is 0 Å². The Hall–Kier alpha value is -1.39. The molecular weight excluding hydrogens is 423 g/mol. The molecule has 0 spiro atoms. The van der Waals surface area contributed by atoms with Gasteiger partial charge in [-0.25, -0.2) is 0 Å². The molecule has 0 aliphatic rings. The van der Waals surface area contributed by atoms with Gasteiger partial charge in [-0.2, -0.15) is 0 Å². The van der Waals surface area contributed by atoms with Gasteiger partial charge in [0.2, 0.25) is 0 Å². The third-order valence-corrected chi connectivity index (χ3v) is 5.18. The van der Waals surface area contributed by atoms with Crippen LogP contribution in [-0.2, 0) is 18.6 Å². The average Bonchev–Trinajstić information content (AvgIpc) is 2.51. The van der Waals surface area contributed by atoms with E-state index in [1.807, 2.05) is 13.8 Å². The van der Waals surface area contributed by atoms with Crippen LogP contribution in [0.5, 0.6) is 0 Å². The van der Waals surface area contributed by atoms with Crippen LogP contribution in [0.3, 0.4) is 0 Å². The minimum absolute atomic E-state index is 0.0186. The first-order chi connectivity index (χ1) is 9.86. The van der Waals surface area contributed by atoms with Gasteiger partial charge in [0, 0.05) is 0 Å². The summed E-state index contributed by atoms with van der Waals surface area (Å²) in [7, 11) is 0. The van der Waals surface area contributed by atoms with Crippen LogP contribution in [0, 0.1) is 0 Å². The summed E-state index contributed by atoms with van der Waals surface area (Å²) in [5.74, 6) is 0. The summed E-state index contributed by atoms with van der Waals surface area (Å²) < 4.78 is 2.96. The van der Waals surface area contributed by atoms with E-state index in [4.69, 9.17) is 0 Å². The SMILES string of the molecule is CC=CCC=CC.c1cc[c]([Pt][c]2ccccc2)cc1. The molecule has 1 heteroatoms. The number of hydrogen-bond acceptors (Lipinski definition) is 0. The maximum atomic E-state index is 2.21. The topological polar surface area (TPSA) is 0 Å². The fourth-order valence-corrected chi connectivity index (χ4v) is 3.76. The van der Waals surface area contributed by atoms with Gasteiger partial charge in [-0.1, -0.05) is 24.3 Å². The fraction of sp³-hybridized carbons (Fsp3) is 0.158. The Bertz CT molecular complexity index is 450. The fourth-order valence-electron chi connectivity index (χ4n) is 1.37. The van der Waals surface area contributed by atoms with Gasteiger partial charge in [0.15, 0.2) is 0 Å². The van der Waals surface area contributed by atoms with E-state index in [2.05, 4.69) is 85.0 Å². The van der Waals surface area contributed by atoms with E-state index >= 15 is 0 Å². The Kier molecular flexibility index (Phi) is 9.53. The molecule has 108 valence electrons. The third kappa shape index (κ3) is 7.92. The molecule has 0 amide bonds. The van der Waals surface area contributed by atoms with Gasteiger partial charge in [-0.15, -0.1) is 0 Å². The van der Waals surface area contributed by atoms with Crippen LogP contribution in [0.25, 0.3) is 0 Å². The molecule has 0 N–H and O–H groups in total. The van der Waals surface area contributed by atoms with Gasteiger partial charge in [-0.05, 0) is 20.3 Å². The molecule has 0 aromatic heterocycles. The quantitative estimate of drug-likeness (QED) is 0.618. The van der Waals surface area contributed by atoms with Crippen molar-refractivity contribution in [2.75, 3.05) is 0 Å². The molecule has 2 rings (SSSR count). The van der Waals surface area contributed by atoms with E-state index in [-0.39, 0.29) is 18.6 Å². The van der Waals surface area contributed by atoms with Crippen molar-refractivity contribution in [2.24, 2.45) is 0 Å². The molecule has 0 unspecified atom stereocenters. The summed E-state index contributed by atoms with van der Waals surface area (Å²) in [4.78, 5) is 0. The van der Waals surface area contributed by atoms with Crippen LogP contribution < -0.4 is 7.91 Å². The molecule has 0 aliphatic heterocycles. The van der Waals surface area contributed by atoms with Crippen molar-refractivity contribution in [3.63, 3.8) is 0 Å². The average molecular weight is 445 g/mol.